The summed E-state index contributed by atoms with van der Waals surface area (Å²) in [6, 6.07) is 4.41. The zero-order valence-corrected chi connectivity index (χ0v) is 15.8. The molecule has 23 heavy (non-hydrogen) atoms. The molecule has 0 aliphatic carbocycles. The van der Waals surface area contributed by atoms with E-state index in [0.717, 1.165) is 23.4 Å². The first kappa shape index (κ1) is 18.3. The first-order chi connectivity index (χ1) is 10.7. The molecule has 1 aromatic carbocycles. The van der Waals surface area contributed by atoms with Crippen molar-refractivity contribution in [2.24, 2.45) is 7.05 Å². The molecule has 0 bridgehead atoms. The molecule has 8 heteroatoms. The number of sulfonamides is 1. The van der Waals surface area contributed by atoms with Crippen LogP contribution in [-0.4, -0.2) is 29.6 Å². The lowest BCUT2D eigenvalue weighted by Crippen LogP contribution is -2.27. The Hall–Kier alpha value is -1.08. The van der Waals surface area contributed by atoms with Gasteiger partial charge in [-0.3, -0.25) is 4.68 Å². The van der Waals surface area contributed by atoms with Gasteiger partial charge >= 0.3 is 0 Å². The Morgan fingerprint density at radius 1 is 1.30 bits per heavy atom. The van der Waals surface area contributed by atoms with Crippen LogP contribution in [-0.2, 0) is 30.0 Å². The van der Waals surface area contributed by atoms with Crippen molar-refractivity contribution in [2.75, 3.05) is 7.05 Å². The van der Waals surface area contributed by atoms with Crippen molar-refractivity contribution in [3.8, 4) is 0 Å². The van der Waals surface area contributed by atoms with Crippen LogP contribution in [0, 0.1) is 6.92 Å². The normalized spacial score (nSPS) is 12.1. The molecule has 0 radical (unpaired) electrons. The Morgan fingerprint density at radius 3 is 2.57 bits per heavy atom. The first-order valence-electron chi connectivity index (χ1n) is 7.11. The van der Waals surface area contributed by atoms with Crippen LogP contribution in [0.25, 0.3) is 0 Å². The van der Waals surface area contributed by atoms with Crippen LogP contribution in [0.3, 0.4) is 0 Å². The highest BCUT2D eigenvalue weighted by molar-refractivity contribution is 7.89. The molecule has 126 valence electrons. The van der Waals surface area contributed by atoms with Gasteiger partial charge in [-0.1, -0.05) is 30.1 Å². The third kappa shape index (κ3) is 3.55. The van der Waals surface area contributed by atoms with E-state index in [1.165, 1.54) is 23.5 Å². The van der Waals surface area contributed by atoms with E-state index in [-0.39, 0.29) is 16.5 Å². The van der Waals surface area contributed by atoms with Crippen LogP contribution in [0.2, 0.25) is 10.0 Å². The Kier molecular flexibility index (Phi) is 5.41. The van der Waals surface area contributed by atoms with Crippen molar-refractivity contribution < 1.29 is 8.42 Å². The SMILES string of the molecule is CCc1nn(C)c(C)c1CN(C)S(=O)(=O)c1cc(Cl)ccc1Cl. The topological polar surface area (TPSA) is 55.2 Å². The highest BCUT2D eigenvalue weighted by atomic mass is 35.5. The predicted molar refractivity (Wildman–Crippen MR) is 92.4 cm³/mol. The number of rotatable bonds is 5. The van der Waals surface area contributed by atoms with Gasteiger partial charge in [-0.05, 0) is 31.5 Å². The molecule has 1 heterocycles. The summed E-state index contributed by atoms with van der Waals surface area (Å²) in [4.78, 5) is 0.00811. The summed E-state index contributed by atoms with van der Waals surface area (Å²) in [6.07, 6.45) is 0.739. The Labute approximate surface area is 146 Å². The van der Waals surface area contributed by atoms with Crippen molar-refractivity contribution >= 4 is 33.2 Å². The van der Waals surface area contributed by atoms with Crippen LogP contribution in [0.5, 0.6) is 0 Å². The third-order valence-electron chi connectivity index (χ3n) is 3.84. The summed E-state index contributed by atoms with van der Waals surface area (Å²) in [5, 5.41) is 4.90. The molecule has 0 N–H and O–H groups in total. The maximum Gasteiger partial charge on any atom is 0.244 e. The van der Waals surface area contributed by atoms with Crippen LogP contribution in [0.15, 0.2) is 23.1 Å². The summed E-state index contributed by atoms with van der Waals surface area (Å²) in [5.41, 5.74) is 2.75. The van der Waals surface area contributed by atoms with Crippen LogP contribution in [0.1, 0.15) is 23.9 Å². The number of benzene rings is 1. The summed E-state index contributed by atoms with van der Waals surface area (Å²) >= 11 is 11.9. The molecular weight excluding hydrogens is 357 g/mol. The predicted octanol–water partition coefficient (Wildman–Crippen LogP) is 3.42. The molecule has 0 aliphatic rings. The molecule has 0 spiro atoms. The molecular formula is C15H19Cl2N3O2S. The lowest BCUT2D eigenvalue weighted by Gasteiger charge is -2.18. The monoisotopic (exact) mass is 375 g/mol. The van der Waals surface area contributed by atoms with E-state index in [9.17, 15) is 8.42 Å². The molecule has 0 unspecified atom stereocenters. The number of aromatic nitrogens is 2. The number of halogens is 2. The summed E-state index contributed by atoms with van der Waals surface area (Å²) in [5.74, 6) is 0. The van der Waals surface area contributed by atoms with Crippen molar-refractivity contribution in [3.63, 3.8) is 0 Å². The average Bonchev–Trinajstić information content (AvgIpc) is 2.77. The minimum atomic E-state index is -3.74. The van der Waals surface area contributed by atoms with Gasteiger partial charge in [0.1, 0.15) is 4.90 Å². The second-order valence-corrected chi connectivity index (χ2v) is 8.18. The molecule has 1 aromatic heterocycles. The maximum atomic E-state index is 12.8. The molecule has 2 aromatic rings. The first-order valence-corrected chi connectivity index (χ1v) is 9.30. The highest BCUT2D eigenvalue weighted by Gasteiger charge is 2.26. The average molecular weight is 376 g/mol. The molecule has 2 rings (SSSR count). The standard InChI is InChI=1S/C15H19Cl2N3O2S/c1-5-14-12(10(2)20(4)18-14)9-19(3)23(21,22)15-8-11(16)6-7-13(15)17/h6-8H,5,9H2,1-4H3. The van der Waals surface area contributed by atoms with Gasteiger partial charge < -0.3 is 0 Å². The fraction of sp³-hybridized carbons (Fsp3) is 0.400. The third-order valence-corrected chi connectivity index (χ3v) is 6.36. The molecule has 0 atom stereocenters. The Balaban J connectivity index is 2.40. The Morgan fingerprint density at radius 2 is 1.96 bits per heavy atom. The summed E-state index contributed by atoms with van der Waals surface area (Å²) < 4.78 is 28.6. The van der Waals surface area contributed by atoms with Crippen molar-refractivity contribution in [3.05, 3.63) is 45.2 Å². The molecule has 0 saturated heterocycles. The van der Waals surface area contributed by atoms with Crippen LogP contribution < -0.4 is 0 Å². The lowest BCUT2D eigenvalue weighted by molar-refractivity contribution is 0.464. The second kappa shape index (κ2) is 6.81. The largest absolute Gasteiger partial charge is 0.272 e. The smallest absolute Gasteiger partial charge is 0.244 e. The highest BCUT2D eigenvalue weighted by Crippen LogP contribution is 2.28. The van der Waals surface area contributed by atoms with Crippen molar-refractivity contribution in [1.29, 1.82) is 0 Å². The van der Waals surface area contributed by atoms with Gasteiger partial charge in [0.25, 0.3) is 0 Å². The fourth-order valence-corrected chi connectivity index (χ4v) is 4.23. The molecule has 5 nitrogen and oxygen atoms in total. The van der Waals surface area contributed by atoms with Crippen molar-refractivity contribution in [2.45, 2.75) is 31.7 Å². The van der Waals surface area contributed by atoms with Gasteiger partial charge in [0.15, 0.2) is 0 Å². The zero-order valence-electron chi connectivity index (χ0n) is 13.5. The van der Waals surface area contributed by atoms with Gasteiger partial charge in [0.05, 0.1) is 10.7 Å². The fourth-order valence-electron chi connectivity index (χ4n) is 2.36. The van der Waals surface area contributed by atoms with E-state index in [1.54, 1.807) is 10.7 Å². The van der Waals surface area contributed by atoms with E-state index < -0.39 is 10.0 Å². The number of hydrogen-bond acceptors (Lipinski definition) is 3. The van der Waals surface area contributed by atoms with Gasteiger partial charge in [0, 0.05) is 36.9 Å². The summed E-state index contributed by atoms with van der Waals surface area (Å²) in [6.45, 7) is 4.15. The Bertz CT molecular complexity index is 831. The van der Waals surface area contributed by atoms with E-state index in [4.69, 9.17) is 23.2 Å². The second-order valence-electron chi connectivity index (χ2n) is 5.32. The quantitative estimate of drug-likeness (QED) is 0.804. The van der Waals surface area contributed by atoms with E-state index in [1.807, 2.05) is 20.9 Å². The molecule has 0 saturated carbocycles. The lowest BCUT2D eigenvalue weighted by atomic mass is 10.1. The molecule has 0 amide bonds. The van der Waals surface area contributed by atoms with Gasteiger partial charge in [-0.15, -0.1) is 0 Å². The van der Waals surface area contributed by atoms with E-state index in [0.29, 0.717) is 5.02 Å². The van der Waals surface area contributed by atoms with Crippen molar-refractivity contribution in [1.82, 2.24) is 14.1 Å². The number of hydrogen-bond donors (Lipinski definition) is 0. The van der Waals surface area contributed by atoms with E-state index >= 15 is 0 Å². The number of nitrogens with zero attached hydrogens (tertiary/aromatic N) is 3. The summed E-state index contributed by atoms with van der Waals surface area (Å²) in [7, 11) is -0.369. The molecule has 0 fully saturated rings. The minimum Gasteiger partial charge on any atom is -0.272 e. The van der Waals surface area contributed by atoms with Gasteiger partial charge in [-0.2, -0.15) is 9.40 Å². The number of aryl methyl sites for hydroxylation is 2. The minimum absolute atomic E-state index is 0.00811. The van der Waals surface area contributed by atoms with Crippen LogP contribution >= 0.6 is 23.2 Å². The zero-order chi connectivity index (χ0) is 17.4. The maximum absolute atomic E-state index is 12.8. The molecule has 0 aliphatic heterocycles. The van der Waals surface area contributed by atoms with Crippen LogP contribution in [0.4, 0.5) is 0 Å². The van der Waals surface area contributed by atoms with Gasteiger partial charge in [0.2, 0.25) is 10.0 Å². The van der Waals surface area contributed by atoms with E-state index in [2.05, 4.69) is 5.10 Å². The van der Waals surface area contributed by atoms with Gasteiger partial charge in [-0.25, -0.2) is 8.42 Å².